The van der Waals surface area contributed by atoms with E-state index in [9.17, 15) is 18.4 Å². The van der Waals surface area contributed by atoms with Crippen LogP contribution in [0.3, 0.4) is 0 Å². The van der Waals surface area contributed by atoms with Crippen LogP contribution in [0.5, 0.6) is 0 Å². The van der Waals surface area contributed by atoms with Crippen molar-refractivity contribution in [1.82, 2.24) is 9.80 Å². The summed E-state index contributed by atoms with van der Waals surface area (Å²) >= 11 is 0. The normalized spacial score (nSPS) is 22.3. The first kappa shape index (κ1) is 16.8. The number of hydrogen-bond acceptors (Lipinski definition) is 3. The largest absolute Gasteiger partial charge is 0.340 e. The molecule has 130 valence electrons. The number of hydrogen-bond donors (Lipinski definition) is 0. The molecule has 2 saturated heterocycles. The summed E-state index contributed by atoms with van der Waals surface area (Å²) < 4.78 is 26.7. The number of rotatable bonds is 3. The predicted molar refractivity (Wildman–Crippen MR) is 85.5 cm³/mol. The fraction of sp³-hybridized carbons (Fsp3) is 0.529. The molecule has 0 radical (unpaired) electrons. The molecule has 2 amide bonds. The Labute approximate surface area is 139 Å². The van der Waals surface area contributed by atoms with Crippen LogP contribution < -0.4 is 4.90 Å². The van der Waals surface area contributed by atoms with Crippen LogP contribution in [0.4, 0.5) is 14.5 Å². The summed E-state index contributed by atoms with van der Waals surface area (Å²) in [5.41, 5.74) is 0.170. The Balaban J connectivity index is 1.67. The Hall–Kier alpha value is -2.02. The molecule has 7 heteroatoms. The van der Waals surface area contributed by atoms with Gasteiger partial charge in [0.05, 0.1) is 5.92 Å². The topological polar surface area (TPSA) is 43.9 Å². The fourth-order valence-corrected chi connectivity index (χ4v) is 3.36. The molecule has 1 unspecified atom stereocenters. The zero-order valence-electron chi connectivity index (χ0n) is 13.7. The molecule has 2 fully saturated rings. The third kappa shape index (κ3) is 3.40. The minimum absolute atomic E-state index is 0.0431. The van der Waals surface area contributed by atoms with Crippen molar-refractivity contribution in [2.45, 2.75) is 13.3 Å². The molecule has 0 spiro atoms. The SMILES string of the molecule is CCN1CCN(C(=O)C2CC(=O)N(c3cc(F)cc(F)c3)C2)CC1. The van der Waals surface area contributed by atoms with Crippen LogP contribution in [0.25, 0.3) is 0 Å². The monoisotopic (exact) mass is 337 g/mol. The maximum absolute atomic E-state index is 13.4. The average Bonchev–Trinajstić information content (AvgIpc) is 2.95. The van der Waals surface area contributed by atoms with Gasteiger partial charge in [-0.15, -0.1) is 0 Å². The smallest absolute Gasteiger partial charge is 0.228 e. The lowest BCUT2D eigenvalue weighted by atomic mass is 10.1. The summed E-state index contributed by atoms with van der Waals surface area (Å²) in [5, 5.41) is 0. The van der Waals surface area contributed by atoms with Crippen molar-refractivity contribution in [1.29, 1.82) is 0 Å². The van der Waals surface area contributed by atoms with Crippen molar-refractivity contribution >= 4 is 17.5 Å². The minimum Gasteiger partial charge on any atom is -0.340 e. The lowest BCUT2D eigenvalue weighted by Crippen LogP contribution is -2.50. The molecule has 3 rings (SSSR count). The van der Waals surface area contributed by atoms with E-state index in [0.717, 1.165) is 37.8 Å². The number of halogens is 2. The van der Waals surface area contributed by atoms with Gasteiger partial charge >= 0.3 is 0 Å². The van der Waals surface area contributed by atoms with Gasteiger partial charge in [-0.2, -0.15) is 0 Å². The second-order valence-corrected chi connectivity index (χ2v) is 6.29. The van der Waals surface area contributed by atoms with Crippen LogP contribution >= 0.6 is 0 Å². The molecule has 0 N–H and O–H groups in total. The van der Waals surface area contributed by atoms with E-state index < -0.39 is 17.6 Å². The Kier molecular flexibility index (Phi) is 4.80. The van der Waals surface area contributed by atoms with Crippen molar-refractivity contribution in [3.63, 3.8) is 0 Å². The fourth-order valence-electron chi connectivity index (χ4n) is 3.36. The van der Waals surface area contributed by atoms with Crippen LogP contribution in [-0.2, 0) is 9.59 Å². The van der Waals surface area contributed by atoms with Crippen LogP contribution in [0.2, 0.25) is 0 Å². The molecule has 2 aliphatic heterocycles. The first-order valence-electron chi connectivity index (χ1n) is 8.25. The second kappa shape index (κ2) is 6.84. The summed E-state index contributed by atoms with van der Waals surface area (Å²) in [5.74, 6) is -2.23. The standard InChI is InChI=1S/C17H21F2N3O2/c1-2-20-3-5-21(6-4-20)17(24)12-7-16(23)22(11-12)15-9-13(18)8-14(19)10-15/h8-10,12H,2-7,11H2,1H3. The van der Waals surface area contributed by atoms with Gasteiger partial charge in [-0.3, -0.25) is 9.59 Å². The highest BCUT2D eigenvalue weighted by atomic mass is 19.1. The minimum atomic E-state index is -0.733. The molecule has 0 aliphatic carbocycles. The van der Waals surface area contributed by atoms with Gasteiger partial charge in [-0.1, -0.05) is 6.92 Å². The van der Waals surface area contributed by atoms with Crippen molar-refractivity contribution in [3.8, 4) is 0 Å². The molecule has 5 nitrogen and oxygen atoms in total. The van der Waals surface area contributed by atoms with Gasteiger partial charge in [0.25, 0.3) is 0 Å². The molecule has 1 aromatic carbocycles. The number of anilines is 1. The lowest BCUT2D eigenvalue weighted by molar-refractivity contribution is -0.137. The highest BCUT2D eigenvalue weighted by molar-refractivity contribution is 6.00. The average molecular weight is 337 g/mol. The molecular weight excluding hydrogens is 316 g/mol. The van der Waals surface area contributed by atoms with E-state index >= 15 is 0 Å². The Morgan fingerprint density at radius 1 is 1.12 bits per heavy atom. The van der Waals surface area contributed by atoms with Gasteiger partial charge in [0, 0.05) is 50.9 Å². The van der Waals surface area contributed by atoms with Gasteiger partial charge in [0.2, 0.25) is 11.8 Å². The van der Waals surface area contributed by atoms with Gasteiger partial charge in [0.15, 0.2) is 0 Å². The van der Waals surface area contributed by atoms with E-state index in [1.54, 1.807) is 4.90 Å². The maximum Gasteiger partial charge on any atom is 0.228 e. The van der Waals surface area contributed by atoms with E-state index in [2.05, 4.69) is 11.8 Å². The van der Waals surface area contributed by atoms with Crippen LogP contribution in [0, 0.1) is 17.6 Å². The quantitative estimate of drug-likeness (QED) is 0.839. The Morgan fingerprint density at radius 3 is 2.33 bits per heavy atom. The number of piperazine rings is 1. The third-order valence-electron chi connectivity index (χ3n) is 4.76. The van der Waals surface area contributed by atoms with Crippen molar-refractivity contribution in [2.24, 2.45) is 5.92 Å². The molecule has 0 bridgehead atoms. The summed E-state index contributed by atoms with van der Waals surface area (Å²) in [6.07, 6.45) is 0.0883. The highest BCUT2D eigenvalue weighted by Crippen LogP contribution is 2.27. The van der Waals surface area contributed by atoms with Crippen molar-refractivity contribution < 1.29 is 18.4 Å². The molecule has 2 aliphatic rings. The molecule has 1 aromatic rings. The first-order valence-corrected chi connectivity index (χ1v) is 8.25. The van der Waals surface area contributed by atoms with Gasteiger partial charge < -0.3 is 14.7 Å². The lowest BCUT2D eigenvalue weighted by Gasteiger charge is -2.35. The molecule has 2 heterocycles. The third-order valence-corrected chi connectivity index (χ3v) is 4.76. The van der Waals surface area contributed by atoms with Gasteiger partial charge in [-0.25, -0.2) is 8.78 Å². The summed E-state index contributed by atoms with van der Waals surface area (Å²) in [6.45, 7) is 6.21. The molecular formula is C17H21F2N3O2. The van der Waals surface area contributed by atoms with Crippen LogP contribution in [-0.4, -0.2) is 60.9 Å². The summed E-state index contributed by atoms with van der Waals surface area (Å²) in [4.78, 5) is 30.2. The van der Waals surface area contributed by atoms with Crippen LogP contribution in [0.15, 0.2) is 18.2 Å². The van der Waals surface area contributed by atoms with E-state index in [-0.39, 0.29) is 30.5 Å². The highest BCUT2D eigenvalue weighted by Gasteiger charge is 2.38. The predicted octanol–water partition coefficient (Wildman–Crippen LogP) is 1.48. The number of likely N-dealkylation sites (N-methyl/N-ethyl adjacent to an activating group) is 1. The number of carbonyl (C=O) groups excluding carboxylic acids is 2. The number of carbonyl (C=O) groups is 2. The summed E-state index contributed by atoms with van der Waals surface area (Å²) in [7, 11) is 0. The number of nitrogens with zero attached hydrogens (tertiary/aromatic N) is 3. The number of benzene rings is 1. The zero-order chi connectivity index (χ0) is 17.3. The maximum atomic E-state index is 13.4. The first-order chi connectivity index (χ1) is 11.5. The van der Waals surface area contributed by atoms with E-state index in [4.69, 9.17) is 0 Å². The molecule has 1 atom stereocenters. The Morgan fingerprint density at radius 2 is 1.75 bits per heavy atom. The number of amides is 2. The van der Waals surface area contributed by atoms with Crippen molar-refractivity contribution in [2.75, 3.05) is 44.2 Å². The molecule has 0 aromatic heterocycles. The Bertz CT molecular complexity index is 624. The molecule has 0 saturated carbocycles. The second-order valence-electron chi connectivity index (χ2n) is 6.29. The van der Waals surface area contributed by atoms with Crippen LogP contribution in [0.1, 0.15) is 13.3 Å². The zero-order valence-corrected chi connectivity index (χ0v) is 13.7. The summed E-state index contributed by atoms with van der Waals surface area (Å²) in [6, 6.07) is 3.00. The molecule has 24 heavy (non-hydrogen) atoms. The van der Waals surface area contributed by atoms with E-state index in [0.29, 0.717) is 13.1 Å². The van der Waals surface area contributed by atoms with Gasteiger partial charge in [0.1, 0.15) is 11.6 Å². The van der Waals surface area contributed by atoms with Crippen molar-refractivity contribution in [3.05, 3.63) is 29.8 Å². The van der Waals surface area contributed by atoms with E-state index in [1.807, 2.05) is 0 Å². The van der Waals surface area contributed by atoms with E-state index in [1.165, 1.54) is 4.90 Å². The van der Waals surface area contributed by atoms with Gasteiger partial charge in [-0.05, 0) is 18.7 Å².